The molecule has 1 atom stereocenters. The zero-order valence-electron chi connectivity index (χ0n) is 21.0. The van der Waals surface area contributed by atoms with Crippen LogP contribution in [0.1, 0.15) is 45.7 Å². The summed E-state index contributed by atoms with van der Waals surface area (Å²) in [6, 6.07) is 9.97. The molecule has 2 heterocycles. The van der Waals surface area contributed by atoms with E-state index in [4.69, 9.17) is 26.9 Å². The van der Waals surface area contributed by atoms with Gasteiger partial charge in [-0.05, 0) is 76.5 Å². The Balaban J connectivity index is 1.68. The molecule has 36 heavy (non-hydrogen) atoms. The zero-order chi connectivity index (χ0) is 25.9. The van der Waals surface area contributed by atoms with Crippen LogP contribution in [0.5, 0.6) is 0 Å². The number of morpholine rings is 1. The maximum absolute atomic E-state index is 13.2. The van der Waals surface area contributed by atoms with Crippen molar-refractivity contribution >= 4 is 38.7 Å². The molecular weight excluding hydrogens is 498 g/mol. The van der Waals surface area contributed by atoms with Gasteiger partial charge in [-0.25, -0.2) is 18.4 Å². The van der Waals surface area contributed by atoms with E-state index in [2.05, 4.69) is 22.5 Å². The van der Waals surface area contributed by atoms with Gasteiger partial charge in [0.05, 0.1) is 30.7 Å². The summed E-state index contributed by atoms with van der Waals surface area (Å²) < 4.78 is 30.7. The Morgan fingerprint density at radius 1 is 1.25 bits per heavy atom. The molecule has 2 fully saturated rings. The van der Waals surface area contributed by atoms with Crippen molar-refractivity contribution in [2.45, 2.75) is 56.9 Å². The molecule has 1 aromatic carbocycles. The lowest BCUT2D eigenvalue weighted by Gasteiger charge is -2.35. The van der Waals surface area contributed by atoms with Gasteiger partial charge in [0.1, 0.15) is 10.6 Å². The lowest BCUT2D eigenvalue weighted by Crippen LogP contribution is -2.44. The summed E-state index contributed by atoms with van der Waals surface area (Å²) in [6.45, 7) is 7.01. The number of benzene rings is 1. The number of hydrogen-bond donors (Lipinski definition) is 3. The smallest absolute Gasteiger partial charge is 0.170 e. The fourth-order valence-electron chi connectivity index (χ4n) is 4.04. The van der Waals surface area contributed by atoms with Crippen molar-refractivity contribution in [3.63, 3.8) is 0 Å². The van der Waals surface area contributed by atoms with Crippen molar-refractivity contribution in [2.75, 3.05) is 42.3 Å². The summed E-state index contributed by atoms with van der Waals surface area (Å²) in [4.78, 5) is 11.7. The molecule has 1 saturated carbocycles. The molecular formula is C25H35N5O4S2. The van der Waals surface area contributed by atoms with Crippen LogP contribution in [0.4, 0.5) is 11.5 Å². The van der Waals surface area contributed by atoms with E-state index in [-0.39, 0.29) is 24.8 Å². The SMILES string of the molecule is C[C@H]1COCCN1c1cc(C(C)(C)S(=O)(=O)CCCO)nc(-c2ccc(NC(=S)NC3CC3)cc2)n1. The van der Waals surface area contributed by atoms with Crippen molar-refractivity contribution in [3.8, 4) is 11.4 Å². The van der Waals surface area contributed by atoms with E-state index in [9.17, 15) is 13.5 Å². The first-order valence-corrected chi connectivity index (χ1v) is 14.4. The van der Waals surface area contributed by atoms with Gasteiger partial charge in [-0.1, -0.05) is 0 Å². The number of hydrogen-bond acceptors (Lipinski definition) is 8. The lowest BCUT2D eigenvalue weighted by atomic mass is 10.1. The molecule has 9 nitrogen and oxygen atoms in total. The van der Waals surface area contributed by atoms with Crippen LogP contribution in [0.2, 0.25) is 0 Å². The molecule has 0 bridgehead atoms. The standard InChI is InChI=1S/C25H35N5O4S2/c1-17-16-34-13-11-30(17)22-15-21(25(2,3)36(32,33)14-4-12-31)28-23(29-22)18-5-7-19(8-6-18)26-24(35)27-20-9-10-20/h5-8,15,17,20,31H,4,9-14,16H2,1-3H3,(H2,26,27,35)/t17-/m0/s1. The Morgan fingerprint density at radius 2 is 1.97 bits per heavy atom. The first-order valence-electron chi connectivity index (χ1n) is 12.4. The summed E-state index contributed by atoms with van der Waals surface area (Å²) in [7, 11) is -3.58. The molecule has 0 unspecified atom stereocenters. The van der Waals surface area contributed by atoms with E-state index in [1.165, 1.54) is 0 Å². The van der Waals surface area contributed by atoms with Crippen LogP contribution in [0.15, 0.2) is 30.3 Å². The second-order valence-electron chi connectivity index (χ2n) is 9.91. The number of nitrogens with one attached hydrogen (secondary N) is 2. The Morgan fingerprint density at radius 3 is 2.61 bits per heavy atom. The quantitative estimate of drug-likeness (QED) is 0.416. The monoisotopic (exact) mass is 533 g/mol. The minimum atomic E-state index is -3.58. The third kappa shape index (κ3) is 6.13. The minimum Gasteiger partial charge on any atom is -0.396 e. The number of ether oxygens (including phenoxy) is 1. The van der Waals surface area contributed by atoms with Crippen molar-refractivity contribution < 1.29 is 18.3 Å². The van der Waals surface area contributed by atoms with Gasteiger partial charge in [0.2, 0.25) is 0 Å². The van der Waals surface area contributed by atoms with Crippen LogP contribution in [-0.4, -0.2) is 72.8 Å². The second kappa shape index (κ2) is 11.0. The molecule has 1 aromatic heterocycles. The molecule has 1 aliphatic heterocycles. The summed E-state index contributed by atoms with van der Waals surface area (Å²) in [5.74, 6) is 1.01. The lowest BCUT2D eigenvalue weighted by molar-refractivity contribution is 0.0985. The average molecular weight is 534 g/mol. The predicted molar refractivity (Wildman–Crippen MR) is 146 cm³/mol. The van der Waals surface area contributed by atoms with Gasteiger partial charge in [0.25, 0.3) is 0 Å². The zero-order valence-corrected chi connectivity index (χ0v) is 22.7. The predicted octanol–water partition coefficient (Wildman–Crippen LogP) is 2.85. The van der Waals surface area contributed by atoms with Crippen molar-refractivity contribution in [1.29, 1.82) is 0 Å². The van der Waals surface area contributed by atoms with Crippen LogP contribution >= 0.6 is 12.2 Å². The summed E-state index contributed by atoms with van der Waals surface area (Å²) in [5, 5.41) is 16.2. The number of sulfone groups is 1. The van der Waals surface area contributed by atoms with Gasteiger partial charge >= 0.3 is 0 Å². The van der Waals surface area contributed by atoms with E-state index in [1.54, 1.807) is 19.9 Å². The number of aromatic nitrogens is 2. The molecule has 1 saturated heterocycles. The third-order valence-electron chi connectivity index (χ3n) is 6.65. The molecule has 4 rings (SSSR count). The van der Waals surface area contributed by atoms with Crippen LogP contribution < -0.4 is 15.5 Å². The van der Waals surface area contributed by atoms with Gasteiger partial charge < -0.3 is 25.4 Å². The molecule has 3 N–H and O–H groups in total. The van der Waals surface area contributed by atoms with Crippen LogP contribution in [-0.2, 0) is 19.3 Å². The normalized spacial score (nSPS) is 18.7. The number of rotatable bonds is 9. The van der Waals surface area contributed by atoms with Crippen molar-refractivity contribution in [2.24, 2.45) is 0 Å². The van der Waals surface area contributed by atoms with E-state index in [1.807, 2.05) is 24.3 Å². The first-order chi connectivity index (χ1) is 17.1. The van der Waals surface area contributed by atoms with Crippen LogP contribution in [0, 0.1) is 0 Å². The fourth-order valence-corrected chi connectivity index (χ4v) is 5.77. The number of aliphatic hydroxyl groups excluding tert-OH is 1. The topological polar surface area (TPSA) is 117 Å². The first kappa shape index (κ1) is 26.7. The van der Waals surface area contributed by atoms with Gasteiger partial charge in [-0.15, -0.1) is 0 Å². The summed E-state index contributed by atoms with van der Waals surface area (Å²) in [6.07, 6.45) is 2.47. The van der Waals surface area contributed by atoms with Crippen LogP contribution in [0.3, 0.4) is 0 Å². The highest BCUT2D eigenvalue weighted by Gasteiger charge is 2.38. The second-order valence-corrected chi connectivity index (χ2v) is 13.0. The maximum atomic E-state index is 13.2. The van der Waals surface area contributed by atoms with Gasteiger partial charge in [0.15, 0.2) is 20.8 Å². The third-order valence-corrected chi connectivity index (χ3v) is 9.46. The molecule has 2 aliphatic rings. The molecule has 2 aromatic rings. The van der Waals surface area contributed by atoms with Crippen LogP contribution in [0.25, 0.3) is 11.4 Å². The van der Waals surface area contributed by atoms with Gasteiger partial charge in [-0.3, -0.25) is 0 Å². The number of anilines is 2. The highest BCUT2D eigenvalue weighted by Crippen LogP contribution is 2.34. The van der Waals surface area contributed by atoms with Crippen molar-refractivity contribution in [1.82, 2.24) is 15.3 Å². The average Bonchev–Trinajstić information content (AvgIpc) is 3.67. The Kier molecular flexibility index (Phi) is 8.13. The number of nitrogens with zero attached hydrogens (tertiary/aromatic N) is 3. The number of aliphatic hydroxyl groups is 1. The Bertz CT molecular complexity index is 1180. The van der Waals surface area contributed by atoms with E-state index < -0.39 is 14.6 Å². The summed E-state index contributed by atoms with van der Waals surface area (Å²) >= 11 is 5.37. The van der Waals surface area contributed by atoms with Crippen molar-refractivity contribution in [3.05, 3.63) is 36.0 Å². The number of thiocarbonyl (C=S) groups is 1. The summed E-state index contributed by atoms with van der Waals surface area (Å²) in [5.41, 5.74) is 2.05. The molecule has 0 amide bonds. The van der Waals surface area contributed by atoms with E-state index >= 15 is 0 Å². The molecule has 11 heteroatoms. The maximum Gasteiger partial charge on any atom is 0.170 e. The fraction of sp³-hybridized carbons (Fsp3) is 0.560. The van der Waals surface area contributed by atoms with E-state index in [0.717, 1.165) is 24.1 Å². The molecule has 0 spiro atoms. The molecule has 0 radical (unpaired) electrons. The van der Waals surface area contributed by atoms with Gasteiger partial charge in [-0.2, -0.15) is 0 Å². The Hall–Kier alpha value is -2.34. The highest BCUT2D eigenvalue weighted by molar-refractivity contribution is 7.92. The molecule has 196 valence electrons. The highest BCUT2D eigenvalue weighted by atomic mass is 32.2. The largest absolute Gasteiger partial charge is 0.396 e. The van der Waals surface area contributed by atoms with Gasteiger partial charge in [0, 0.05) is 36.5 Å². The molecule has 1 aliphatic carbocycles. The minimum absolute atomic E-state index is 0.0926. The Labute approximate surface area is 218 Å². The van der Waals surface area contributed by atoms with E-state index in [0.29, 0.717) is 48.2 Å².